The van der Waals surface area contributed by atoms with Crippen molar-refractivity contribution in [2.45, 2.75) is 46.3 Å². The van der Waals surface area contributed by atoms with E-state index in [1.165, 1.54) is 6.92 Å². The number of carbonyl (C=O) groups is 2. The molecule has 0 rings (SSSR count). The number of esters is 1. The van der Waals surface area contributed by atoms with Crippen molar-refractivity contribution < 1.29 is 18.2 Å². The third kappa shape index (κ3) is 3.45. The van der Waals surface area contributed by atoms with E-state index in [1.54, 1.807) is 27.7 Å². The molecule has 0 aromatic rings. The first-order valence-electron chi connectivity index (χ1n) is 4.87. The molecule has 0 aliphatic carbocycles. The van der Waals surface area contributed by atoms with Gasteiger partial charge >= 0.3 is 11.9 Å². The molecule has 16 heavy (non-hydrogen) atoms. The number of rotatable bonds is 3. The molecule has 0 fully saturated rings. The van der Waals surface area contributed by atoms with Crippen molar-refractivity contribution in [2.75, 3.05) is 0 Å². The molecule has 0 bridgehead atoms. The second kappa shape index (κ2) is 5.14. The van der Waals surface area contributed by atoms with Crippen LogP contribution in [0.5, 0.6) is 0 Å². The van der Waals surface area contributed by atoms with E-state index in [9.17, 15) is 9.59 Å². The van der Waals surface area contributed by atoms with Gasteiger partial charge in [0.15, 0.2) is 21.7 Å². The molecule has 0 aliphatic heterocycles. The van der Waals surface area contributed by atoms with Crippen LogP contribution >= 0.6 is 16.3 Å². The molecule has 0 amide bonds. The Kier molecular flexibility index (Phi) is 4.94. The van der Waals surface area contributed by atoms with Gasteiger partial charge in [-0.1, -0.05) is 0 Å². The number of carbonyl (C=O) groups excluding carboxylic acids is 2. The lowest BCUT2D eigenvalue weighted by atomic mass is 9.83. The van der Waals surface area contributed by atoms with E-state index in [-0.39, 0.29) is 0 Å². The van der Waals surface area contributed by atoms with Gasteiger partial charge in [-0.15, -0.1) is 0 Å². The van der Waals surface area contributed by atoms with Crippen LogP contribution in [0.2, 0.25) is 0 Å². The molecule has 0 saturated heterocycles. The van der Waals surface area contributed by atoms with Crippen LogP contribution in [0.15, 0.2) is 0 Å². The van der Waals surface area contributed by atoms with Gasteiger partial charge in [0.1, 0.15) is 5.60 Å². The van der Waals surface area contributed by atoms with Crippen LogP contribution in [0.25, 0.3) is 0 Å². The third-order valence-electron chi connectivity index (χ3n) is 2.23. The van der Waals surface area contributed by atoms with E-state index >= 15 is 0 Å². The van der Waals surface area contributed by atoms with Gasteiger partial charge in [0.25, 0.3) is 0 Å². The molecular formula is C10H18BrNO4. The first-order chi connectivity index (χ1) is 7.05. The maximum Gasteiger partial charge on any atom is 0.336 e. The molecule has 0 aromatic carbocycles. The van der Waals surface area contributed by atoms with Gasteiger partial charge in [-0.25, -0.2) is 4.79 Å². The Morgan fingerprint density at radius 2 is 1.62 bits per heavy atom. The molecule has 0 radical (unpaired) electrons. The fourth-order valence-corrected chi connectivity index (χ4v) is 1.26. The molecule has 2 N–H and O–H groups in total. The van der Waals surface area contributed by atoms with Crippen LogP contribution < -0.4 is 5.73 Å². The van der Waals surface area contributed by atoms with Crippen LogP contribution in [0.4, 0.5) is 0 Å². The predicted octanol–water partition coefficient (Wildman–Crippen LogP) is 1.53. The molecule has 0 aliphatic rings. The second-order valence-corrected chi connectivity index (χ2v) is 5.18. The summed E-state index contributed by atoms with van der Waals surface area (Å²) in [5.74, 6) is -1.46. The summed E-state index contributed by atoms with van der Waals surface area (Å²) in [7, 11) is 0. The number of halogens is 1. The first kappa shape index (κ1) is 15.4. The van der Waals surface area contributed by atoms with Gasteiger partial charge in [0.05, 0.1) is 0 Å². The fourth-order valence-electron chi connectivity index (χ4n) is 0.919. The van der Waals surface area contributed by atoms with Gasteiger partial charge < -0.3 is 14.3 Å². The predicted molar refractivity (Wildman–Crippen MR) is 62.6 cm³/mol. The largest absolute Gasteiger partial charge is 0.459 e. The number of nitrogens with two attached hydrogens (primary N) is 1. The van der Waals surface area contributed by atoms with Crippen molar-refractivity contribution in [3.63, 3.8) is 0 Å². The molecule has 0 saturated carbocycles. The lowest BCUT2D eigenvalue weighted by molar-refractivity contribution is -0.174. The van der Waals surface area contributed by atoms with Crippen molar-refractivity contribution in [1.82, 2.24) is 0 Å². The Labute approximate surface area is 104 Å². The van der Waals surface area contributed by atoms with Crippen molar-refractivity contribution in [3.05, 3.63) is 0 Å². The molecule has 94 valence electrons. The summed E-state index contributed by atoms with van der Waals surface area (Å²) in [6.07, 6.45) is 0. The van der Waals surface area contributed by atoms with E-state index in [2.05, 4.69) is 20.1 Å². The van der Waals surface area contributed by atoms with E-state index in [1.807, 2.05) is 0 Å². The average molecular weight is 296 g/mol. The Hall–Kier alpha value is -0.620. The maximum atomic E-state index is 11.9. The summed E-state index contributed by atoms with van der Waals surface area (Å²) in [5, 5.41) is 0. The molecule has 0 heterocycles. The minimum absolute atomic E-state index is 0.681. The fraction of sp³-hybridized carbons (Fsp3) is 0.800. The minimum atomic E-state index is -1.52. The van der Waals surface area contributed by atoms with E-state index in [0.717, 1.165) is 0 Å². The van der Waals surface area contributed by atoms with Gasteiger partial charge in [-0.05, 0) is 34.6 Å². The van der Waals surface area contributed by atoms with Crippen LogP contribution in [-0.4, -0.2) is 23.6 Å². The molecule has 6 heteroatoms. The minimum Gasteiger partial charge on any atom is -0.459 e. The zero-order chi connectivity index (χ0) is 13.1. The Morgan fingerprint density at radius 1 is 1.19 bits per heavy atom. The molecule has 2 unspecified atom stereocenters. The first-order valence-corrected chi connectivity index (χ1v) is 5.52. The summed E-state index contributed by atoms with van der Waals surface area (Å²) in [5.41, 5.74) is 3.45. The lowest BCUT2D eigenvalue weighted by Gasteiger charge is -2.31. The number of hydrogen-bond acceptors (Lipinski definition) is 5. The highest BCUT2D eigenvalue weighted by molar-refractivity contribution is 9.06. The van der Waals surface area contributed by atoms with Crippen LogP contribution in [0, 0.1) is 5.41 Å². The SMILES string of the molecule is CC(N)C(C)(C(=O)OBr)C(=O)OC(C)(C)C. The smallest absolute Gasteiger partial charge is 0.336 e. The van der Waals surface area contributed by atoms with Crippen molar-refractivity contribution in [3.8, 4) is 0 Å². The molecule has 0 aromatic heterocycles. The van der Waals surface area contributed by atoms with Crippen LogP contribution in [-0.2, 0) is 18.2 Å². The van der Waals surface area contributed by atoms with Gasteiger partial charge in [-0.3, -0.25) is 4.79 Å². The quantitative estimate of drug-likeness (QED) is 0.631. The Balaban J connectivity index is 5.08. The summed E-state index contributed by atoms with van der Waals surface area (Å²) in [6.45, 7) is 8.09. The summed E-state index contributed by atoms with van der Waals surface area (Å²) in [6, 6.07) is -0.715. The highest BCUT2D eigenvalue weighted by Crippen LogP contribution is 2.27. The highest BCUT2D eigenvalue weighted by atomic mass is 79.9. The third-order valence-corrected chi connectivity index (χ3v) is 2.52. The van der Waals surface area contributed by atoms with E-state index in [4.69, 9.17) is 10.5 Å². The topological polar surface area (TPSA) is 78.6 Å². The zero-order valence-corrected chi connectivity index (χ0v) is 11.8. The number of hydrogen-bond donors (Lipinski definition) is 1. The zero-order valence-electron chi connectivity index (χ0n) is 10.2. The lowest BCUT2D eigenvalue weighted by Crippen LogP contribution is -2.52. The Morgan fingerprint density at radius 3 is 1.88 bits per heavy atom. The summed E-state index contributed by atoms with van der Waals surface area (Å²) in [4.78, 5) is 23.5. The van der Waals surface area contributed by atoms with Gasteiger partial charge in [-0.2, -0.15) is 0 Å². The highest BCUT2D eigenvalue weighted by Gasteiger charge is 2.49. The maximum absolute atomic E-state index is 11.9. The average Bonchev–Trinajstić information content (AvgIpc) is 2.11. The normalized spacial score (nSPS) is 17.2. The second-order valence-electron chi connectivity index (χ2n) is 4.86. The van der Waals surface area contributed by atoms with Crippen LogP contribution in [0.1, 0.15) is 34.6 Å². The summed E-state index contributed by atoms with van der Waals surface area (Å²) < 4.78 is 9.55. The standard InChI is InChI=1S/C10H18BrNO4/c1-6(12)10(5,8(14)16-11)7(13)15-9(2,3)4/h6H,12H2,1-5H3. The summed E-state index contributed by atoms with van der Waals surface area (Å²) >= 11 is 2.55. The van der Waals surface area contributed by atoms with Crippen LogP contribution in [0.3, 0.4) is 0 Å². The molecular weight excluding hydrogens is 278 g/mol. The molecule has 0 spiro atoms. The van der Waals surface area contributed by atoms with E-state index < -0.39 is 29.0 Å². The van der Waals surface area contributed by atoms with Crippen molar-refractivity contribution >= 4 is 28.2 Å². The van der Waals surface area contributed by atoms with Crippen molar-refractivity contribution in [2.24, 2.45) is 11.1 Å². The Bertz CT molecular complexity index is 285. The van der Waals surface area contributed by atoms with Gasteiger partial charge in [0, 0.05) is 6.04 Å². The van der Waals surface area contributed by atoms with E-state index in [0.29, 0.717) is 0 Å². The molecule has 5 nitrogen and oxygen atoms in total. The number of ether oxygens (including phenoxy) is 1. The monoisotopic (exact) mass is 295 g/mol. The van der Waals surface area contributed by atoms with Gasteiger partial charge in [0.2, 0.25) is 0 Å². The van der Waals surface area contributed by atoms with Crippen molar-refractivity contribution in [1.29, 1.82) is 0 Å². The molecule has 2 atom stereocenters.